The largest absolute Gasteiger partial charge is 0.382 e. The Bertz CT molecular complexity index is 371. The lowest BCUT2D eigenvalue weighted by molar-refractivity contribution is 0.439. The van der Waals surface area contributed by atoms with E-state index in [2.05, 4.69) is 36.5 Å². The summed E-state index contributed by atoms with van der Waals surface area (Å²) >= 11 is 0. The first-order valence-corrected chi connectivity index (χ1v) is 6.71. The van der Waals surface area contributed by atoms with Crippen molar-refractivity contribution in [2.24, 2.45) is 11.8 Å². The quantitative estimate of drug-likeness (QED) is 0.807. The van der Waals surface area contributed by atoms with Gasteiger partial charge in [-0.05, 0) is 49.1 Å². The average Bonchev–Trinajstić information content (AvgIpc) is 2.92. The number of anilines is 1. The molecule has 3 unspecified atom stereocenters. The number of benzene rings is 1. The molecule has 1 aromatic rings. The molecule has 1 aromatic carbocycles. The van der Waals surface area contributed by atoms with Crippen LogP contribution in [0.2, 0.25) is 0 Å². The number of nitrogens with one attached hydrogen (secondary N) is 1. The summed E-state index contributed by atoms with van der Waals surface area (Å²) in [5.74, 6) is 1.98. The zero-order chi connectivity index (χ0) is 11.0. The Morgan fingerprint density at radius 2 is 2.06 bits per heavy atom. The first-order valence-electron chi connectivity index (χ1n) is 6.71. The molecule has 0 radical (unpaired) electrons. The minimum absolute atomic E-state index is 0.756. The third kappa shape index (κ3) is 1.73. The molecule has 1 nitrogen and oxygen atoms in total. The zero-order valence-corrected chi connectivity index (χ0v) is 10.1. The highest BCUT2D eigenvalue weighted by atomic mass is 14.9. The van der Waals surface area contributed by atoms with Gasteiger partial charge in [-0.25, -0.2) is 0 Å². The van der Waals surface area contributed by atoms with Gasteiger partial charge in [0.15, 0.2) is 0 Å². The number of rotatable bonds is 3. The summed E-state index contributed by atoms with van der Waals surface area (Å²) in [6, 6.07) is 9.53. The second-order valence-corrected chi connectivity index (χ2v) is 5.44. The van der Waals surface area contributed by atoms with Crippen LogP contribution in [0.3, 0.4) is 0 Å². The van der Waals surface area contributed by atoms with E-state index >= 15 is 0 Å². The smallest absolute Gasteiger partial charge is 0.0374 e. The topological polar surface area (TPSA) is 12.0 Å². The van der Waals surface area contributed by atoms with Gasteiger partial charge in [0.05, 0.1) is 0 Å². The monoisotopic (exact) mass is 215 g/mol. The third-order valence-corrected chi connectivity index (χ3v) is 4.48. The Kier molecular flexibility index (Phi) is 2.62. The van der Waals surface area contributed by atoms with Gasteiger partial charge in [-0.3, -0.25) is 0 Å². The van der Waals surface area contributed by atoms with Crippen molar-refractivity contribution in [1.82, 2.24) is 0 Å². The molecule has 0 amide bonds. The number of para-hydroxylation sites is 1. The summed E-state index contributed by atoms with van der Waals surface area (Å²) in [6.45, 7) is 2.24. The van der Waals surface area contributed by atoms with Crippen molar-refractivity contribution < 1.29 is 0 Å². The van der Waals surface area contributed by atoms with Gasteiger partial charge in [-0.15, -0.1) is 0 Å². The van der Waals surface area contributed by atoms with E-state index in [1.807, 2.05) is 0 Å². The van der Waals surface area contributed by atoms with E-state index in [0.717, 1.165) is 24.3 Å². The van der Waals surface area contributed by atoms with Crippen molar-refractivity contribution in [3.63, 3.8) is 0 Å². The van der Waals surface area contributed by atoms with Crippen LogP contribution in [0.1, 0.15) is 38.2 Å². The Hall–Kier alpha value is -0.980. The van der Waals surface area contributed by atoms with Gasteiger partial charge in [0.2, 0.25) is 0 Å². The Labute approximate surface area is 98.3 Å². The fourth-order valence-corrected chi connectivity index (χ4v) is 3.59. The maximum absolute atomic E-state index is 3.79. The Morgan fingerprint density at radius 3 is 2.75 bits per heavy atom. The lowest BCUT2D eigenvalue weighted by Gasteiger charge is -2.25. The normalized spacial score (nSPS) is 31.9. The predicted molar refractivity (Wildman–Crippen MR) is 68.7 cm³/mol. The molecule has 2 fully saturated rings. The highest BCUT2D eigenvalue weighted by Gasteiger charge is 2.39. The Morgan fingerprint density at radius 1 is 1.19 bits per heavy atom. The number of hydrogen-bond donors (Lipinski definition) is 1. The van der Waals surface area contributed by atoms with Crippen molar-refractivity contribution in [1.29, 1.82) is 0 Å². The summed E-state index contributed by atoms with van der Waals surface area (Å²) in [4.78, 5) is 0. The van der Waals surface area contributed by atoms with Gasteiger partial charge < -0.3 is 5.32 Å². The molecule has 1 heteroatoms. The standard InChI is InChI=1S/C15H21N/c1-2-12-5-3-4-6-14(12)16-15-10-11-7-8-13(15)9-11/h3-6,11,13,15-16H,2,7-10H2,1H3. The summed E-state index contributed by atoms with van der Waals surface area (Å²) < 4.78 is 0. The molecule has 2 saturated carbocycles. The minimum Gasteiger partial charge on any atom is -0.382 e. The SMILES string of the molecule is CCc1ccccc1NC1CC2CCC1C2. The molecule has 0 heterocycles. The van der Waals surface area contributed by atoms with Crippen LogP contribution >= 0.6 is 0 Å². The second-order valence-electron chi connectivity index (χ2n) is 5.44. The van der Waals surface area contributed by atoms with Crippen molar-refractivity contribution in [2.45, 2.75) is 45.1 Å². The minimum atomic E-state index is 0.756. The molecular formula is C15H21N. The fraction of sp³-hybridized carbons (Fsp3) is 0.600. The molecular weight excluding hydrogens is 194 g/mol. The van der Waals surface area contributed by atoms with Crippen LogP contribution in [0.15, 0.2) is 24.3 Å². The average molecular weight is 215 g/mol. The van der Waals surface area contributed by atoms with Crippen molar-refractivity contribution in [3.8, 4) is 0 Å². The van der Waals surface area contributed by atoms with E-state index in [1.165, 1.54) is 36.9 Å². The molecule has 86 valence electrons. The van der Waals surface area contributed by atoms with Crippen LogP contribution in [-0.4, -0.2) is 6.04 Å². The number of hydrogen-bond acceptors (Lipinski definition) is 1. The van der Waals surface area contributed by atoms with E-state index < -0.39 is 0 Å². The highest BCUT2D eigenvalue weighted by Crippen LogP contribution is 2.45. The zero-order valence-electron chi connectivity index (χ0n) is 10.1. The molecule has 2 aliphatic carbocycles. The van der Waals surface area contributed by atoms with Crippen molar-refractivity contribution in [3.05, 3.63) is 29.8 Å². The first-order chi connectivity index (χ1) is 7.86. The van der Waals surface area contributed by atoms with Crippen molar-refractivity contribution in [2.75, 3.05) is 5.32 Å². The summed E-state index contributed by atoms with van der Waals surface area (Å²) in [5.41, 5.74) is 2.84. The van der Waals surface area contributed by atoms with Crippen LogP contribution in [0, 0.1) is 11.8 Å². The van der Waals surface area contributed by atoms with E-state index in [-0.39, 0.29) is 0 Å². The fourth-order valence-electron chi connectivity index (χ4n) is 3.59. The highest BCUT2D eigenvalue weighted by molar-refractivity contribution is 5.52. The molecule has 0 aromatic heterocycles. The summed E-state index contributed by atoms with van der Waals surface area (Å²) in [7, 11) is 0. The molecule has 2 bridgehead atoms. The van der Waals surface area contributed by atoms with E-state index in [9.17, 15) is 0 Å². The molecule has 3 rings (SSSR count). The molecule has 0 saturated heterocycles. The number of aryl methyl sites for hydroxylation is 1. The number of fused-ring (bicyclic) bond motifs is 2. The lowest BCUT2D eigenvalue weighted by atomic mass is 9.95. The lowest BCUT2D eigenvalue weighted by Crippen LogP contribution is -2.26. The molecule has 1 N–H and O–H groups in total. The van der Waals surface area contributed by atoms with Gasteiger partial charge in [0.1, 0.15) is 0 Å². The summed E-state index contributed by atoms with van der Waals surface area (Å²) in [6.07, 6.45) is 6.95. The van der Waals surface area contributed by atoms with E-state index in [0.29, 0.717) is 0 Å². The van der Waals surface area contributed by atoms with Crippen LogP contribution in [0.4, 0.5) is 5.69 Å². The van der Waals surface area contributed by atoms with E-state index in [4.69, 9.17) is 0 Å². The van der Waals surface area contributed by atoms with Gasteiger partial charge in [0.25, 0.3) is 0 Å². The predicted octanol–water partition coefficient (Wildman–Crippen LogP) is 3.85. The van der Waals surface area contributed by atoms with Crippen LogP contribution in [0.25, 0.3) is 0 Å². The maximum atomic E-state index is 3.79. The summed E-state index contributed by atoms with van der Waals surface area (Å²) in [5, 5.41) is 3.79. The van der Waals surface area contributed by atoms with Crippen LogP contribution < -0.4 is 5.32 Å². The van der Waals surface area contributed by atoms with Gasteiger partial charge in [-0.1, -0.05) is 31.5 Å². The molecule has 0 aliphatic heterocycles. The molecule has 0 spiro atoms. The maximum Gasteiger partial charge on any atom is 0.0374 e. The van der Waals surface area contributed by atoms with Crippen LogP contribution in [0.5, 0.6) is 0 Å². The van der Waals surface area contributed by atoms with Crippen molar-refractivity contribution >= 4 is 5.69 Å². The third-order valence-electron chi connectivity index (χ3n) is 4.48. The molecule has 3 atom stereocenters. The molecule has 16 heavy (non-hydrogen) atoms. The Balaban J connectivity index is 1.74. The van der Waals surface area contributed by atoms with Gasteiger partial charge in [0, 0.05) is 11.7 Å². The second kappa shape index (κ2) is 4.12. The van der Waals surface area contributed by atoms with Crippen LogP contribution in [-0.2, 0) is 6.42 Å². The van der Waals surface area contributed by atoms with Gasteiger partial charge >= 0.3 is 0 Å². The van der Waals surface area contributed by atoms with E-state index in [1.54, 1.807) is 0 Å². The van der Waals surface area contributed by atoms with Gasteiger partial charge in [-0.2, -0.15) is 0 Å². The molecule has 2 aliphatic rings. The first kappa shape index (κ1) is 10.2.